The summed E-state index contributed by atoms with van der Waals surface area (Å²) in [5, 5.41) is 15.0. The van der Waals surface area contributed by atoms with Gasteiger partial charge >= 0.3 is 6.03 Å². The lowest BCUT2D eigenvalue weighted by Crippen LogP contribution is -2.41. The number of aromatic hydroxyl groups is 1. The molecule has 144 valence electrons. The van der Waals surface area contributed by atoms with Gasteiger partial charge in [-0.05, 0) is 44.4 Å². The highest BCUT2D eigenvalue weighted by molar-refractivity contribution is 5.89. The van der Waals surface area contributed by atoms with Gasteiger partial charge in [-0.3, -0.25) is 9.69 Å². The van der Waals surface area contributed by atoms with E-state index in [0.717, 1.165) is 43.4 Å². The number of benzene rings is 1. The fourth-order valence-corrected chi connectivity index (χ4v) is 3.26. The quantitative estimate of drug-likeness (QED) is 0.751. The van der Waals surface area contributed by atoms with Gasteiger partial charge in [-0.15, -0.1) is 0 Å². The van der Waals surface area contributed by atoms with Crippen LogP contribution in [0.1, 0.15) is 24.2 Å². The van der Waals surface area contributed by atoms with Crippen molar-refractivity contribution in [2.24, 2.45) is 5.92 Å². The second kappa shape index (κ2) is 8.73. The van der Waals surface area contributed by atoms with Crippen LogP contribution in [-0.2, 0) is 6.54 Å². The summed E-state index contributed by atoms with van der Waals surface area (Å²) in [7, 11) is 0. The lowest BCUT2D eigenvalue weighted by molar-refractivity contribution is 0.154. The van der Waals surface area contributed by atoms with Gasteiger partial charge in [-0.1, -0.05) is 17.7 Å². The Labute approximate surface area is 158 Å². The van der Waals surface area contributed by atoms with E-state index >= 15 is 0 Å². The second-order valence-electron chi connectivity index (χ2n) is 7.04. The summed E-state index contributed by atoms with van der Waals surface area (Å²) in [6.07, 6.45) is 3.14. The van der Waals surface area contributed by atoms with Gasteiger partial charge in [-0.2, -0.15) is 0 Å². The number of carbonyl (C=O) groups excluding carboxylic acids is 1. The molecule has 0 spiro atoms. The lowest BCUT2D eigenvalue weighted by atomic mass is 9.98. The largest absolute Gasteiger partial charge is 0.502 e. The number of carbonyl (C=O) groups is 1. The van der Waals surface area contributed by atoms with E-state index in [1.165, 1.54) is 6.07 Å². The van der Waals surface area contributed by atoms with Crippen LogP contribution in [0.4, 0.5) is 10.5 Å². The number of rotatable bonds is 5. The first-order valence-corrected chi connectivity index (χ1v) is 9.14. The van der Waals surface area contributed by atoms with E-state index in [1.54, 1.807) is 0 Å². The van der Waals surface area contributed by atoms with Crippen molar-refractivity contribution in [2.75, 3.05) is 25.0 Å². The molecule has 1 atom stereocenters. The summed E-state index contributed by atoms with van der Waals surface area (Å²) in [5.74, 6) is 0.494. The Kier molecular flexibility index (Phi) is 6.13. The van der Waals surface area contributed by atoms with Gasteiger partial charge in [0.1, 0.15) is 12.0 Å². The second-order valence-corrected chi connectivity index (χ2v) is 7.04. The van der Waals surface area contributed by atoms with Crippen LogP contribution in [0.5, 0.6) is 5.75 Å². The van der Waals surface area contributed by atoms with Crippen LogP contribution < -0.4 is 16.1 Å². The molecule has 2 heterocycles. The summed E-state index contributed by atoms with van der Waals surface area (Å²) in [6, 6.07) is 8.78. The van der Waals surface area contributed by atoms with Gasteiger partial charge < -0.3 is 20.2 Å². The Morgan fingerprint density at radius 3 is 2.85 bits per heavy atom. The summed E-state index contributed by atoms with van der Waals surface area (Å²) < 4.78 is 5.28. The number of likely N-dealkylation sites (tertiary alicyclic amines) is 1. The van der Waals surface area contributed by atoms with Crippen LogP contribution >= 0.6 is 0 Å². The first-order valence-electron chi connectivity index (χ1n) is 9.14. The van der Waals surface area contributed by atoms with E-state index in [1.807, 2.05) is 31.2 Å². The van der Waals surface area contributed by atoms with Gasteiger partial charge in [0.15, 0.2) is 5.75 Å². The normalized spacial score (nSPS) is 17.4. The highest BCUT2D eigenvalue weighted by Gasteiger charge is 2.21. The van der Waals surface area contributed by atoms with Crippen molar-refractivity contribution in [1.29, 1.82) is 0 Å². The van der Waals surface area contributed by atoms with E-state index in [4.69, 9.17) is 4.42 Å². The fraction of sp³-hybridized carbons (Fsp3) is 0.400. The maximum absolute atomic E-state index is 12.1. The van der Waals surface area contributed by atoms with Crippen LogP contribution in [0.3, 0.4) is 0 Å². The first kappa shape index (κ1) is 19.0. The smallest absolute Gasteiger partial charge is 0.319 e. The molecular weight excluding hydrogens is 346 g/mol. The highest BCUT2D eigenvalue weighted by atomic mass is 16.4. The molecule has 7 heteroatoms. The molecule has 1 fully saturated rings. The van der Waals surface area contributed by atoms with Crippen LogP contribution in [0, 0.1) is 12.8 Å². The number of aryl methyl sites for hydroxylation is 1. The number of anilines is 1. The summed E-state index contributed by atoms with van der Waals surface area (Å²) in [5.41, 5.74) is 1.48. The molecule has 1 unspecified atom stereocenters. The van der Waals surface area contributed by atoms with Gasteiger partial charge in [0.05, 0.1) is 6.54 Å². The minimum atomic E-state index is -0.431. The molecular formula is C20H25N3O4. The SMILES string of the molecule is Cc1ccc(NC(=O)NCC2CCCN(Cc3cc(=O)c(O)co3)C2)cc1. The van der Waals surface area contributed by atoms with Gasteiger partial charge in [-0.25, -0.2) is 4.79 Å². The molecule has 0 radical (unpaired) electrons. The van der Waals surface area contributed by atoms with Gasteiger partial charge in [0.25, 0.3) is 0 Å². The highest BCUT2D eigenvalue weighted by Crippen LogP contribution is 2.18. The van der Waals surface area contributed by atoms with E-state index in [0.29, 0.717) is 24.8 Å². The third-order valence-corrected chi connectivity index (χ3v) is 4.71. The van der Waals surface area contributed by atoms with Crippen molar-refractivity contribution in [3.63, 3.8) is 0 Å². The average Bonchev–Trinajstić information content (AvgIpc) is 2.65. The molecule has 7 nitrogen and oxygen atoms in total. The third kappa shape index (κ3) is 5.59. The zero-order valence-electron chi connectivity index (χ0n) is 15.4. The summed E-state index contributed by atoms with van der Waals surface area (Å²) in [6.45, 7) is 4.84. The molecule has 1 aliphatic heterocycles. The predicted molar refractivity (Wildman–Crippen MR) is 103 cm³/mol. The lowest BCUT2D eigenvalue weighted by Gasteiger charge is -2.32. The maximum Gasteiger partial charge on any atom is 0.319 e. The molecule has 2 aromatic rings. The number of urea groups is 1. The van der Waals surface area contributed by atoms with Crippen molar-refractivity contribution in [3.05, 3.63) is 58.1 Å². The molecule has 1 aliphatic rings. The van der Waals surface area contributed by atoms with E-state index < -0.39 is 5.43 Å². The molecule has 0 bridgehead atoms. The van der Waals surface area contributed by atoms with Crippen molar-refractivity contribution in [3.8, 4) is 5.75 Å². The molecule has 0 saturated carbocycles. The molecule has 27 heavy (non-hydrogen) atoms. The maximum atomic E-state index is 12.1. The minimum absolute atomic E-state index is 0.208. The number of piperidine rings is 1. The van der Waals surface area contributed by atoms with E-state index in [9.17, 15) is 14.7 Å². The number of nitrogens with zero attached hydrogens (tertiary/aromatic N) is 1. The predicted octanol–water partition coefficient (Wildman–Crippen LogP) is 2.69. The van der Waals surface area contributed by atoms with E-state index in [-0.39, 0.29) is 11.8 Å². The zero-order valence-corrected chi connectivity index (χ0v) is 15.4. The molecule has 1 aromatic heterocycles. The van der Waals surface area contributed by atoms with Crippen LogP contribution in [0.25, 0.3) is 0 Å². The summed E-state index contributed by atoms with van der Waals surface area (Å²) >= 11 is 0. The Morgan fingerprint density at radius 2 is 2.11 bits per heavy atom. The van der Waals surface area contributed by atoms with Gasteiger partial charge in [0.2, 0.25) is 5.43 Å². The van der Waals surface area contributed by atoms with E-state index in [2.05, 4.69) is 15.5 Å². The van der Waals surface area contributed by atoms with Crippen LogP contribution in [0.15, 0.2) is 45.8 Å². The Morgan fingerprint density at radius 1 is 1.33 bits per heavy atom. The van der Waals surface area contributed by atoms with Crippen LogP contribution in [0.2, 0.25) is 0 Å². The number of amides is 2. The Balaban J connectivity index is 1.46. The molecule has 1 aromatic carbocycles. The average molecular weight is 371 g/mol. The standard InChI is InChI=1S/C20H25N3O4/c1-14-4-6-16(7-5-14)22-20(26)21-10-15-3-2-8-23(11-15)12-17-9-18(24)19(25)13-27-17/h4-7,9,13,15,25H,2-3,8,10-12H2,1H3,(H2,21,22,26). The Hall–Kier alpha value is -2.80. The number of hydrogen-bond donors (Lipinski definition) is 3. The van der Waals surface area contributed by atoms with Crippen molar-refractivity contribution >= 4 is 11.7 Å². The minimum Gasteiger partial charge on any atom is -0.502 e. The molecule has 3 N–H and O–H groups in total. The molecule has 0 aliphatic carbocycles. The van der Waals surface area contributed by atoms with Crippen LogP contribution in [-0.4, -0.2) is 35.7 Å². The third-order valence-electron chi connectivity index (χ3n) is 4.71. The number of hydrogen-bond acceptors (Lipinski definition) is 5. The number of nitrogens with one attached hydrogen (secondary N) is 2. The topological polar surface area (TPSA) is 94.8 Å². The van der Waals surface area contributed by atoms with Gasteiger partial charge in [0, 0.05) is 24.8 Å². The van der Waals surface area contributed by atoms with Crippen molar-refractivity contribution in [2.45, 2.75) is 26.3 Å². The fourth-order valence-electron chi connectivity index (χ4n) is 3.26. The molecule has 3 rings (SSSR count). The summed E-state index contributed by atoms with van der Waals surface area (Å²) in [4.78, 5) is 25.8. The van der Waals surface area contributed by atoms with Crippen molar-refractivity contribution < 1.29 is 14.3 Å². The molecule has 1 saturated heterocycles. The first-order chi connectivity index (χ1) is 13.0. The zero-order chi connectivity index (χ0) is 19.2. The van der Waals surface area contributed by atoms with Crippen molar-refractivity contribution in [1.82, 2.24) is 10.2 Å². The molecule has 2 amide bonds. The Bertz CT molecular complexity index is 832. The monoisotopic (exact) mass is 371 g/mol.